The second kappa shape index (κ2) is 6.40. The summed E-state index contributed by atoms with van der Waals surface area (Å²) in [5.41, 5.74) is 2.90. The SMILES string of the molecule is CN1CCN(C(=O)OCc2ccccc2)c2ccc(Br)cc21. The van der Waals surface area contributed by atoms with Gasteiger partial charge in [0, 0.05) is 24.6 Å². The standard InChI is InChI=1S/C17H17BrN2O2/c1-19-9-10-20(15-8-7-14(18)11-16(15)19)17(21)22-12-13-5-3-2-4-6-13/h2-8,11H,9-10,12H2,1H3. The van der Waals surface area contributed by atoms with E-state index in [-0.39, 0.29) is 12.7 Å². The number of ether oxygens (including phenoxy) is 1. The number of amides is 1. The van der Waals surface area contributed by atoms with Gasteiger partial charge in [-0.2, -0.15) is 0 Å². The number of benzene rings is 2. The molecule has 0 unspecified atom stereocenters. The zero-order chi connectivity index (χ0) is 15.5. The molecule has 0 aliphatic carbocycles. The molecular weight excluding hydrogens is 344 g/mol. The van der Waals surface area contributed by atoms with Crippen LogP contribution < -0.4 is 9.80 Å². The highest BCUT2D eigenvalue weighted by Crippen LogP contribution is 2.35. The predicted molar refractivity (Wildman–Crippen MR) is 91.4 cm³/mol. The molecule has 0 aromatic heterocycles. The van der Waals surface area contributed by atoms with Gasteiger partial charge in [-0.25, -0.2) is 4.79 Å². The van der Waals surface area contributed by atoms with Crippen molar-refractivity contribution < 1.29 is 9.53 Å². The average Bonchev–Trinajstić information content (AvgIpc) is 2.54. The Morgan fingerprint density at radius 1 is 1.14 bits per heavy atom. The summed E-state index contributed by atoms with van der Waals surface area (Å²) < 4.78 is 6.44. The van der Waals surface area contributed by atoms with Gasteiger partial charge in [0.15, 0.2) is 0 Å². The van der Waals surface area contributed by atoms with Crippen LogP contribution in [0.3, 0.4) is 0 Å². The van der Waals surface area contributed by atoms with E-state index in [0.717, 1.165) is 28.0 Å². The lowest BCUT2D eigenvalue weighted by Gasteiger charge is -2.35. The summed E-state index contributed by atoms with van der Waals surface area (Å²) in [6.45, 7) is 1.69. The lowest BCUT2D eigenvalue weighted by molar-refractivity contribution is 0.147. The van der Waals surface area contributed by atoms with Crippen molar-refractivity contribution in [2.45, 2.75) is 6.61 Å². The van der Waals surface area contributed by atoms with Gasteiger partial charge in [0.25, 0.3) is 0 Å². The Balaban J connectivity index is 1.75. The summed E-state index contributed by atoms with van der Waals surface area (Å²) in [6, 6.07) is 15.6. The fourth-order valence-corrected chi connectivity index (χ4v) is 2.86. The average molecular weight is 361 g/mol. The molecule has 0 bridgehead atoms. The molecule has 4 nitrogen and oxygen atoms in total. The Kier molecular flexibility index (Phi) is 4.34. The summed E-state index contributed by atoms with van der Waals surface area (Å²) in [5, 5.41) is 0. The van der Waals surface area contributed by atoms with Crippen LogP contribution in [0.5, 0.6) is 0 Å². The highest BCUT2D eigenvalue weighted by Gasteiger charge is 2.26. The zero-order valence-corrected chi connectivity index (χ0v) is 13.9. The molecule has 1 aliphatic heterocycles. The number of anilines is 2. The van der Waals surface area contributed by atoms with Crippen LogP contribution in [-0.4, -0.2) is 26.2 Å². The molecule has 1 aliphatic rings. The molecule has 0 fully saturated rings. The van der Waals surface area contributed by atoms with Gasteiger partial charge in [-0.1, -0.05) is 46.3 Å². The summed E-state index contributed by atoms with van der Waals surface area (Å²) in [4.78, 5) is 16.2. The summed E-state index contributed by atoms with van der Waals surface area (Å²) in [7, 11) is 2.03. The minimum absolute atomic E-state index is 0.290. The topological polar surface area (TPSA) is 32.8 Å². The first kappa shape index (κ1) is 14.9. The second-order valence-corrected chi connectivity index (χ2v) is 6.16. The molecule has 1 amide bonds. The molecule has 0 saturated carbocycles. The number of carbonyl (C=O) groups excluding carboxylic acids is 1. The maximum Gasteiger partial charge on any atom is 0.414 e. The van der Waals surface area contributed by atoms with Crippen molar-refractivity contribution in [1.82, 2.24) is 0 Å². The number of hydrogen-bond acceptors (Lipinski definition) is 3. The molecule has 0 spiro atoms. The van der Waals surface area contributed by atoms with Crippen molar-refractivity contribution in [3.8, 4) is 0 Å². The number of likely N-dealkylation sites (N-methyl/N-ethyl adjacent to an activating group) is 1. The van der Waals surface area contributed by atoms with Crippen LogP contribution in [0, 0.1) is 0 Å². The van der Waals surface area contributed by atoms with Crippen LogP contribution >= 0.6 is 15.9 Å². The number of halogens is 1. The van der Waals surface area contributed by atoms with E-state index in [0.29, 0.717) is 6.54 Å². The monoisotopic (exact) mass is 360 g/mol. The molecule has 2 aromatic rings. The van der Waals surface area contributed by atoms with Gasteiger partial charge in [-0.3, -0.25) is 4.90 Å². The van der Waals surface area contributed by atoms with E-state index in [2.05, 4.69) is 20.8 Å². The Morgan fingerprint density at radius 3 is 2.68 bits per heavy atom. The predicted octanol–water partition coefficient (Wildman–Crippen LogP) is 4.04. The highest BCUT2D eigenvalue weighted by atomic mass is 79.9. The molecule has 22 heavy (non-hydrogen) atoms. The van der Waals surface area contributed by atoms with E-state index < -0.39 is 0 Å². The number of hydrogen-bond donors (Lipinski definition) is 0. The van der Waals surface area contributed by atoms with Crippen molar-refractivity contribution in [3.05, 3.63) is 58.6 Å². The van der Waals surface area contributed by atoms with Crippen LogP contribution in [0.15, 0.2) is 53.0 Å². The first-order valence-corrected chi connectivity index (χ1v) is 7.93. The van der Waals surface area contributed by atoms with Gasteiger partial charge in [0.2, 0.25) is 0 Å². The van der Waals surface area contributed by atoms with Gasteiger partial charge in [0.05, 0.1) is 11.4 Å². The third-order valence-electron chi connectivity index (χ3n) is 3.72. The maximum atomic E-state index is 12.4. The number of rotatable bonds is 2. The van der Waals surface area contributed by atoms with Crippen LogP contribution in [0.4, 0.5) is 16.2 Å². The van der Waals surface area contributed by atoms with Gasteiger partial charge >= 0.3 is 6.09 Å². The van der Waals surface area contributed by atoms with Gasteiger partial charge < -0.3 is 9.64 Å². The van der Waals surface area contributed by atoms with Crippen LogP contribution in [0.2, 0.25) is 0 Å². The fourth-order valence-electron chi connectivity index (χ4n) is 2.51. The first-order valence-electron chi connectivity index (χ1n) is 7.14. The molecular formula is C17H17BrN2O2. The van der Waals surface area contributed by atoms with Gasteiger partial charge in [-0.15, -0.1) is 0 Å². The molecule has 3 rings (SSSR count). The molecule has 0 radical (unpaired) electrons. The number of nitrogens with zero attached hydrogens (tertiary/aromatic N) is 2. The highest BCUT2D eigenvalue weighted by molar-refractivity contribution is 9.10. The Morgan fingerprint density at radius 2 is 1.91 bits per heavy atom. The van der Waals surface area contributed by atoms with Crippen molar-refractivity contribution >= 4 is 33.4 Å². The van der Waals surface area contributed by atoms with Gasteiger partial charge in [-0.05, 0) is 23.8 Å². The minimum atomic E-state index is -0.305. The van der Waals surface area contributed by atoms with Crippen molar-refractivity contribution in [2.24, 2.45) is 0 Å². The Hall–Kier alpha value is -2.01. The Labute approximate surface area is 138 Å². The fraction of sp³-hybridized carbons (Fsp3) is 0.235. The second-order valence-electron chi connectivity index (χ2n) is 5.25. The van der Waals surface area contributed by atoms with Crippen LogP contribution in [-0.2, 0) is 11.3 Å². The van der Waals surface area contributed by atoms with E-state index in [9.17, 15) is 4.79 Å². The number of fused-ring (bicyclic) bond motifs is 1. The van der Waals surface area contributed by atoms with Gasteiger partial charge in [0.1, 0.15) is 6.61 Å². The molecule has 1 heterocycles. The van der Waals surface area contributed by atoms with Crippen LogP contribution in [0.1, 0.15) is 5.56 Å². The molecule has 2 aromatic carbocycles. The third kappa shape index (κ3) is 3.09. The van der Waals surface area contributed by atoms with Crippen LogP contribution in [0.25, 0.3) is 0 Å². The molecule has 0 N–H and O–H groups in total. The molecule has 0 atom stereocenters. The summed E-state index contributed by atoms with van der Waals surface area (Å²) >= 11 is 3.47. The lowest BCUT2D eigenvalue weighted by atomic mass is 10.2. The van der Waals surface area contributed by atoms with E-state index in [1.54, 1.807) is 4.90 Å². The third-order valence-corrected chi connectivity index (χ3v) is 4.22. The lowest BCUT2D eigenvalue weighted by Crippen LogP contribution is -2.42. The van der Waals surface area contributed by atoms with Crippen molar-refractivity contribution in [1.29, 1.82) is 0 Å². The van der Waals surface area contributed by atoms with E-state index in [4.69, 9.17) is 4.74 Å². The molecule has 5 heteroatoms. The molecule has 0 saturated heterocycles. The normalized spacial score (nSPS) is 13.7. The Bertz CT molecular complexity index is 676. The largest absolute Gasteiger partial charge is 0.444 e. The van der Waals surface area contributed by atoms with E-state index >= 15 is 0 Å². The maximum absolute atomic E-state index is 12.4. The smallest absolute Gasteiger partial charge is 0.414 e. The number of carbonyl (C=O) groups is 1. The quantitative estimate of drug-likeness (QED) is 0.809. The summed E-state index contributed by atoms with van der Waals surface area (Å²) in [5.74, 6) is 0. The van der Waals surface area contributed by atoms with Crippen molar-refractivity contribution in [3.63, 3.8) is 0 Å². The van der Waals surface area contributed by atoms with E-state index in [1.165, 1.54) is 0 Å². The van der Waals surface area contributed by atoms with Crippen molar-refractivity contribution in [2.75, 3.05) is 29.9 Å². The first-order chi connectivity index (χ1) is 10.6. The zero-order valence-electron chi connectivity index (χ0n) is 12.3. The molecule has 114 valence electrons. The minimum Gasteiger partial charge on any atom is -0.444 e. The summed E-state index contributed by atoms with van der Waals surface area (Å²) in [6.07, 6.45) is -0.305. The van der Waals surface area contributed by atoms with E-state index in [1.807, 2.05) is 55.6 Å².